The van der Waals surface area contributed by atoms with Gasteiger partial charge in [-0.25, -0.2) is 4.79 Å². The van der Waals surface area contributed by atoms with Gasteiger partial charge in [0.2, 0.25) is 0 Å². The Bertz CT molecular complexity index is 833. The van der Waals surface area contributed by atoms with Gasteiger partial charge >= 0.3 is 5.97 Å². The largest absolute Gasteiger partial charge is 0.497 e. The minimum atomic E-state index is -1.30. The fourth-order valence-electron chi connectivity index (χ4n) is 1.96. The Hall–Kier alpha value is -3.59. The first-order valence-corrected chi connectivity index (χ1v) is 6.94. The number of carbonyl (C=O) groups excluding carboxylic acids is 1. The van der Waals surface area contributed by atoms with E-state index in [2.05, 4.69) is 5.32 Å². The summed E-state index contributed by atoms with van der Waals surface area (Å²) in [5.41, 5.74) is 1.07. The Balaban J connectivity index is 2.18. The van der Waals surface area contributed by atoms with Crippen LogP contribution in [0.4, 0.5) is 5.69 Å². The van der Waals surface area contributed by atoms with Gasteiger partial charge in [0.15, 0.2) is 0 Å². The summed E-state index contributed by atoms with van der Waals surface area (Å²) in [6.07, 6.45) is 1.24. The average molecular weight is 322 g/mol. The first-order chi connectivity index (χ1) is 11.5. The molecule has 0 aromatic heterocycles. The molecule has 2 aromatic rings. The molecule has 0 atom stereocenters. The highest BCUT2D eigenvalue weighted by molar-refractivity contribution is 6.04. The fraction of sp³-hybridized carbons (Fsp3) is 0.0556. The first-order valence-electron chi connectivity index (χ1n) is 6.94. The van der Waals surface area contributed by atoms with Gasteiger partial charge in [-0.15, -0.1) is 0 Å². The summed E-state index contributed by atoms with van der Waals surface area (Å²) in [6.45, 7) is 0. The van der Waals surface area contributed by atoms with Crippen LogP contribution >= 0.6 is 0 Å². The second-order valence-corrected chi connectivity index (χ2v) is 4.78. The van der Waals surface area contributed by atoms with Gasteiger partial charge in [-0.05, 0) is 48.0 Å². The van der Waals surface area contributed by atoms with E-state index in [0.717, 1.165) is 0 Å². The fourth-order valence-corrected chi connectivity index (χ4v) is 1.96. The number of nitrogens with zero attached hydrogens (tertiary/aromatic N) is 1. The predicted octanol–water partition coefficient (Wildman–Crippen LogP) is 2.94. The van der Waals surface area contributed by atoms with E-state index >= 15 is 0 Å². The normalized spacial score (nSPS) is 10.6. The zero-order valence-corrected chi connectivity index (χ0v) is 12.8. The van der Waals surface area contributed by atoms with Crippen LogP contribution in [0, 0.1) is 11.3 Å². The minimum Gasteiger partial charge on any atom is -0.497 e. The number of aliphatic carboxylic acids is 1. The number of amides is 1. The van der Waals surface area contributed by atoms with Crippen LogP contribution in [0.25, 0.3) is 6.08 Å². The van der Waals surface area contributed by atoms with Gasteiger partial charge in [-0.3, -0.25) is 4.79 Å². The molecule has 0 unspecified atom stereocenters. The Morgan fingerprint density at radius 2 is 1.92 bits per heavy atom. The molecular formula is C18H14N2O4. The molecule has 0 spiro atoms. The molecule has 2 aromatic carbocycles. The molecule has 120 valence electrons. The number of carboxylic acids is 1. The average Bonchev–Trinajstić information content (AvgIpc) is 2.59. The van der Waals surface area contributed by atoms with Gasteiger partial charge in [-0.2, -0.15) is 5.26 Å². The number of nitriles is 1. The third-order valence-corrected chi connectivity index (χ3v) is 3.16. The monoisotopic (exact) mass is 322 g/mol. The molecule has 24 heavy (non-hydrogen) atoms. The number of benzene rings is 2. The van der Waals surface area contributed by atoms with Crippen LogP contribution in [-0.2, 0) is 4.79 Å². The second-order valence-electron chi connectivity index (χ2n) is 4.78. The number of carbonyl (C=O) groups is 2. The van der Waals surface area contributed by atoms with Gasteiger partial charge in [0, 0.05) is 11.3 Å². The maximum Gasteiger partial charge on any atom is 0.346 e. The summed E-state index contributed by atoms with van der Waals surface area (Å²) in [6, 6.07) is 14.8. The van der Waals surface area contributed by atoms with Crippen molar-refractivity contribution in [1.82, 2.24) is 0 Å². The van der Waals surface area contributed by atoms with Crippen LogP contribution < -0.4 is 10.1 Å². The summed E-state index contributed by atoms with van der Waals surface area (Å²) in [7, 11) is 1.54. The van der Waals surface area contributed by atoms with Crippen molar-refractivity contribution in [3.63, 3.8) is 0 Å². The molecule has 2 N–H and O–H groups in total. The van der Waals surface area contributed by atoms with E-state index < -0.39 is 5.97 Å². The second kappa shape index (κ2) is 7.61. The molecule has 0 saturated carbocycles. The third-order valence-electron chi connectivity index (χ3n) is 3.16. The van der Waals surface area contributed by atoms with Crippen molar-refractivity contribution in [2.75, 3.05) is 12.4 Å². The van der Waals surface area contributed by atoms with E-state index in [1.807, 2.05) is 0 Å². The molecule has 0 bridgehead atoms. The number of carboxylic acid groups (broad SMARTS) is 1. The lowest BCUT2D eigenvalue weighted by Gasteiger charge is -2.07. The van der Waals surface area contributed by atoms with Crippen molar-refractivity contribution in [3.8, 4) is 11.8 Å². The lowest BCUT2D eigenvalue weighted by atomic mass is 10.1. The van der Waals surface area contributed by atoms with Crippen molar-refractivity contribution < 1.29 is 19.4 Å². The lowest BCUT2D eigenvalue weighted by molar-refractivity contribution is -0.132. The van der Waals surface area contributed by atoms with Crippen LogP contribution in [0.15, 0.2) is 54.1 Å². The lowest BCUT2D eigenvalue weighted by Crippen LogP contribution is -2.11. The topological polar surface area (TPSA) is 99.4 Å². The molecule has 0 heterocycles. The number of hydrogen-bond acceptors (Lipinski definition) is 4. The molecule has 6 nitrogen and oxygen atoms in total. The standard InChI is InChI=1S/C18H14N2O4/c1-24-16-7-5-13(6-8-16)17(21)20-15-4-2-3-12(10-15)9-14(11-19)18(22)23/h2-10H,1H3,(H,20,21)(H,22,23)/b14-9+. The summed E-state index contributed by atoms with van der Waals surface area (Å²) in [4.78, 5) is 23.1. The third kappa shape index (κ3) is 4.21. The number of methoxy groups -OCH3 is 1. The van der Waals surface area contributed by atoms with E-state index in [0.29, 0.717) is 22.6 Å². The minimum absolute atomic E-state index is 0.308. The van der Waals surface area contributed by atoms with Crippen molar-refractivity contribution in [3.05, 3.63) is 65.2 Å². The maximum atomic E-state index is 12.2. The van der Waals surface area contributed by atoms with Crippen LogP contribution in [-0.4, -0.2) is 24.1 Å². The van der Waals surface area contributed by atoms with E-state index in [9.17, 15) is 9.59 Å². The van der Waals surface area contributed by atoms with Crippen molar-refractivity contribution in [2.45, 2.75) is 0 Å². The Kier molecular flexibility index (Phi) is 5.32. The number of ether oxygens (including phenoxy) is 1. The molecule has 1 amide bonds. The summed E-state index contributed by atoms with van der Waals surface area (Å²) >= 11 is 0. The molecule has 0 aliphatic carbocycles. The highest BCUT2D eigenvalue weighted by atomic mass is 16.5. The van der Waals surface area contributed by atoms with Crippen LogP contribution in [0.3, 0.4) is 0 Å². The smallest absolute Gasteiger partial charge is 0.346 e. The molecule has 0 aliphatic heterocycles. The zero-order valence-electron chi connectivity index (χ0n) is 12.8. The van der Waals surface area contributed by atoms with Gasteiger partial charge < -0.3 is 15.2 Å². The van der Waals surface area contributed by atoms with E-state index in [4.69, 9.17) is 15.1 Å². The number of rotatable bonds is 5. The molecule has 0 saturated heterocycles. The van der Waals surface area contributed by atoms with Crippen molar-refractivity contribution in [1.29, 1.82) is 5.26 Å². The van der Waals surface area contributed by atoms with Crippen LogP contribution in [0.5, 0.6) is 5.75 Å². The summed E-state index contributed by atoms with van der Waals surface area (Å²) in [5, 5.41) is 20.4. The quantitative estimate of drug-likeness (QED) is 0.651. The van der Waals surface area contributed by atoms with Gasteiger partial charge in [0.1, 0.15) is 17.4 Å². The summed E-state index contributed by atoms with van der Waals surface area (Å²) < 4.78 is 5.04. The molecule has 0 aliphatic rings. The Morgan fingerprint density at radius 3 is 2.50 bits per heavy atom. The number of anilines is 1. The predicted molar refractivity (Wildman–Crippen MR) is 88.6 cm³/mol. The summed E-state index contributed by atoms with van der Waals surface area (Å²) in [5.74, 6) is -0.959. The van der Waals surface area contributed by atoms with Gasteiger partial charge in [0.05, 0.1) is 7.11 Å². The maximum absolute atomic E-state index is 12.2. The zero-order chi connectivity index (χ0) is 17.5. The number of hydrogen-bond donors (Lipinski definition) is 2. The first kappa shape index (κ1) is 16.8. The molecular weight excluding hydrogens is 308 g/mol. The van der Waals surface area contributed by atoms with E-state index in [1.54, 1.807) is 61.7 Å². The SMILES string of the molecule is COc1ccc(C(=O)Nc2cccc(/C=C(\C#N)C(=O)O)c2)cc1. The van der Waals surface area contributed by atoms with Gasteiger partial charge in [0.25, 0.3) is 5.91 Å². The van der Waals surface area contributed by atoms with Gasteiger partial charge in [-0.1, -0.05) is 12.1 Å². The van der Waals surface area contributed by atoms with Crippen molar-refractivity contribution >= 4 is 23.6 Å². The number of nitrogens with one attached hydrogen (secondary N) is 1. The molecule has 0 fully saturated rings. The van der Waals surface area contributed by atoms with E-state index in [1.165, 1.54) is 6.08 Å². The Morgan fingerprint density at radius 1 is 1.21 bits per heavy atom. The molecule has 6 heteroatoms. The highest BCUT2D eigenvalue weighted by Gasteiger charge is 2.08. The van der Waals surface area contributed by atoms with Crippen LogP contribution in [0.2, 0.25) is 0 Å². The van der Waals surface area contributed by atoms with Crippen molar-refractivity contribution in [2.24, 2.45) is 0 Å². The molecule has 2 rings (SSSR count). The highest BCUT2D eigenvalue weighted by Crippen LogP contribution is 2.16. The Labute approximate surface area is 138 Å². The van der Waals surface area contributed by atoms with E-state index in [-0.39, 0.29) is 11.5 Å². The van der Waals surface area contributed by atoms with Crippen LogP contribution in [0.1, 0.15) is 15.9 Å². The molecule has 0 radical (unpaired) electrons.